The van der Waals surface area contributed by atoms with Gasteiger partial charge in [0.15, 0.2) is 3.95 Å². The van der Waals surface area contributed by atoms with Crippen LogP contribution in [0.25, 0.3) is 0 Å². The lowest BCUT2D eigenvalue weighted by molar-refractivity contribution is -0.120. The minimum Gasteiger partial charge on any atom is -0.445 e. The zero-order valence-electron chi connectivity index (χ0n) is 18.6. The van der Waals surface area contributed by atoms with Gasteiger partial charge in [0, 0.05) is 6.04 Å². The molecular formula is C24H28N4O3S2. The summed E-state index contributed by atoms with van der Waals surface area (Å²) in [7, 11) is 0. The number of nitrogens with zero attached hydrogens (tertiary/aromatic N) is 1. The number of aromatic nitrogens is 2. The number of benzene rings is 2. The summed E-state index contributed by atoms with van der Waals surface area (Å²) in [6.45, 7) is 4.27. The number of anilines is 1. The van der Waals surface area contributed by atoms with Gasteiger partial charge in [0.2, 0.25) is 11.0 Å². The quantitative estimate of drug-likeness (QED) is 0.338. The summed E-state index contributed by atoms with van der Waals surface area (Å²) in [6.07, 6.45) is 0.520. The molecule has 0 fully saturated rings. The summed E-state index contributed by atoms with van der Waals surface area (Å²) in [5.41, 5.74) is 1.90. The number of rotatable bonds is 10. The first-order valence-corrected chi connectivity index (χ1v) is 12.0. The molecule has 0 spiro atoms. The molecule has 2 aromatic carbocycles. The molecule has 0 saturated heterocycles. The van der Waals surface area contributed by atoms with Gasteiger partial charge in [0.25, 0.3) is 0 Å². The molecule has 0 radical (unpaired) electrons. The Hall–Kier alpha value is -3.04. The number of carbonyl (C=O) groups is 2. The van der Waals surface area contributed by atoms with Crippen LogP contribution >= 0.6 is 23.6 Å². The van der Waals surface area contributed by atoms with Gasteiger partial charge in [-0.2, -0.15) is 0 Å². The van der Waals surface area contributed by atoms with Crippen LogP contribution in [0.3, 0.4) is 0 Å². The van der Waals surface area contributed by atoms with E-state index in [1.54, 1.807) is 0 Å². The molecule has 3 aromatic rings. The molecule has 3 rings (SSSR count). The average molecular weight is 485 g/mol. The van der Waals surface area contributed by atoms with Crippen molar-refractivity contribution in [2.24, 2.45) is 11.8 Å². The van der Waals surface area contributed by atoms with E-state index in [2.05, 4.69) is 34.7 Å². The van der Waals surface area contributed by atoms with Crippen LogP contribution in [-0.4, -0.2) is 28.2 Å². The summed E-state index contributed by atoms with van der Waals surface area (Å²) in [5.74, 6) is -0.509. The number of amides is 2. The van der Waals surface area contributed by atoms with E-state index in [9.17, 15) is 9.59 Å². The standard InChI is InChI=1S/C24H28N4O3S2/c1-16(2)13-20(25-23(30)31-15-18-11-7-4-8-12-18)19(14-17-9-5-3-6-10-17)21(29)26-22-27-28-24(32)33-22/h3-12,16,19-20H,13-15H2,1-2H3,(H,25,30)(H,28,32)(H,26,27,29). The number of H-pyrrole nitrogens is 1. The highest BCUT2D eigenvalue weighted by Gasteiger charge is 2.31. The molecule has 3 N–H and O–H groups in total. The lowest BCUT2D eigenvalue weighted by Gasteiger charge is -2.28. The molecule has 174 valence electrons. The molecule has 0 bridgehead atoms. The van der Waals surface area contributed by atoms with Crippen molar-refractivity contribution in [2.45, 2.75) is 39.3 Å². The lowest BCUT2D eigenvalue weighted by Crippen LogP contribution is -2.46. The van der Waals surface area contributed by atoms with Crippen LogP contribution in [0.2, 0.25) is 0 Å². The van der Waals surface area contributed by atoms with Crippen LogP contribution in [0.5, 0.6) is 0 Å². The van der Waals surface area contributed by atoms with Crippen molar-refractivity contribution in [1.82, 2.24) is 15.5 Å². The number of nitrogens with one attached hydrogen (secondary N) is 3. The van der Waals surface area contributed by atoms with Crippen molar-refractivity contribution >= 4 is 40.7 Å². The number of alkyl carbamates (subject to hydrolysis) is 1. The number of carbonyl (C=O) groups excluding carboxylic acids is 2. The van der Waals surface area contributed by atoms with Crippen LogP contribution in [0.1, 0.15) is 31.4 Å². The Morgan fingerprint density at radius 3 is 2.27 bits per heavy atom. The average Bonchev–Trinajstić information content (AvgIpc) is 3.21. The monoisotopic (exact) mass is 484 g/mol. The van der Waals surface area contributed by atoms with Crippen molar-refractivity contribution in [3.63, 3.8) is 0 Å². The predicted molar refractivity (Wildman–Crippen MR) is 133 cm³/mol. The number of hydrogen-bond acceptors (Lipinski definition) is 6. The third-order valence-corrected chi connectivity index (χ3v) is 6.04. The van der Waals surface area contributed by atoms with E-state index in [0.717, 1.165) is 11.1 Å². The highest BCUT2D eigenvalue weighted by Crippen LogP contribution is 2.22. The van der Waals surface area contributed by atoms with Gasteiger partial charge < -0.3 is 15.4 Å². The maximum Gasteiger partial charge on any atom is 0.407 e. The SMILES string of the molecule is CC(C)CC(NC(=O)OCc1ccccc1)C(Cc1ccccc1)C(=O)Nc1n[nH]c(=S)s1. The molecule has 2 atom stereocenters. The van der Waals surface area contributed by atoms with Gasteiger partial charge in [0.1, 0.15) is 6.61 Å². The molecular weight excluding hydrogens is 456 g/mol. The molecule has 2 amide bonds. The Morgan fingerprint density at radius 2 is 1.70 bits per heavy atom. The van der Waals surface area contributed by atoms with Gasteiger partial charge >= 0.3 is 6.09 Å². The highest BCUT2D eigenvalue weighted by atomic mass is 32.1. The largest absolute Gasteiger partial charge is 0.445 e. The van der Waals surface area contributed by atoms with Gasteiger partial charge in [-0.05, 0) is 42.1 Å². The first-order chi connectivity index (χ1) is 15.9. The Balaban J connectivity index is 1.77. The highest BCUT2D eigenvalue weighted by molar-refractivity contribution is 7.73. The molecule has 7 nitrogen and oxygen atoms in total. The summed E-state index contributed by atoms with van der Waals surface area (Å²) in [5, 5.41) is 12.9. The second-order valence-electron chi connectivity index (χ2n) is 8.15. The summed E-state index contributed by atoms with van der Waals surface area (Å²) in [6, 6.07) is 18.8. The molecule has 0 aliphatic rings. The Labute approximate surface area is 202 Å². The third kappa shape index (κ3) is 8.11. The third-order valence-electron chi connectivity index (χ3n) is 5.03. The van der Waals surface area contributed by atoms with Gasteiger partial charge in [-0.15, -0.1) is 5.10 Å². The van der Waals surface area contributed by atoms with Crippen LogP contribution in [-0.2, 0) is 22.6 Å². The minimum absolute atomic E-state index is 0.160. The molecule has 1 heterocycles. The van der Waals surface area contributed by atoms with Gasteiger partial charge in [0.05, 0.1) is 5.92 Å². The maximum atomic E-state index is 13.3. The Kier molecular flexibility index (Phi) is 9.14. The first-order valence-electron chi connectivity index (χ1n) is 10.8. The van der Waals surface area contributed by atoms with E-state index in [1.807, 2.05) is 60.7 Å². The number of aromatic amines is 1. The van der Waals surface area contributed by atoms with E-state index in [1.165, 1.54) is 11.3 Å². The van der Waals surface area contributed by atoms with E-state index in [4.69, 9.17) is 17.0 Å². The Bertz CT molecular complexity index is 1080. The second-order valence-corrected chi connectivity index (χ2v) is 9.81. The van der Waals surface area contributed by atoms with Crippen molar-refractivity contribution in [3.05, 3.63) is 75.7 Å². The Morgan fingerprint density at radius 1 is 1.06 bits per heavy atom. The number of ether oxygens (including phenoxy) is 1. The van der Waals surface area contributed by atoms with Crippen LogP contribution in [0.15, 0.2) is 60.7 Å². The van der Waals surface area contributed by atoms with E-state index >= 15 is 0 Å². The van der Waals surface area contributed by atoms with Gasteiger partial charge in [-0.3, -0.25) is 9.89 Å². The van der Waals surface area contributed by atoms with Gasteiger partial charge in [-0.1, -0.05) is 85.8 Å². The fraction of sp³-hybridized carbons (Fsp3) is 0.333. The van der Waals surface area contributed by atoms with Crippen molar-refractivity contribution < 1.29 is 14.3 Å². The molecule has 0 aliphatic carbocycles. The van der Waals surface area contributed by atoms with E-state index < -0.39 is 18.1 Å². The van der Waals surface area contributed by atoms with E-state index in [-0.39, 0.29) is 18.4 Å². The fourth-order valence-corrected chi connectivity index (χ4v) is 4.31. The summed E-state index contributed by atoms with van der Waals surface area (Å²) < 4.78 is 5.91. The normalized spacial score (nSPS) is 12.7. The van der Waals surface area contributed by atoms with Crippen molar-refractivity contribution in [2.75, 3.05) is 5.32 Å². The molecule has 0 aliphatic heterocycles. The minimum atomic E-state index is -0.550. The first kappa shape index (κ1) is 24.6. The smallest absolute Gasteiger partial charge is 0.407 e. The van der Waals surface area contributed by atoms with Gasteiger partial charge in [-0.25, -0.2) is 4.79 Å². The molecule has 0 saturated carbocycles. The van der Waals surface area contributed by atoms with Crippen LogP contribution in [0, 0.1) is 15.8 Å². The number of hydrogen-bond donors (Lipinski definition) is 3. The van der Waals surface area contributed by atoms with Crippen LogP contribution in [0.4, 0.5) is 9.93 Å². The van der Waals surface area contributed by atoms with Crippen molar-refractivity contribution in [3.8, 4) is 0 Å². The molecule has 2 unspecified atom stereocenters. The molecule has 1 aromatic heterocycles. The molecule has 33 heavy (non-hydrogen) atoms. The zero-order chi connectivity index (χ0) is 23.6. The van der Waals surface area contributed by atoms with Crippen molar-refractivity contribution in [1.29, 1.82) is 0 Å². The zero-order valence-corrected chi connectivity index (χ0v) is 20.2. The molecule has 9 heteroatoms. The fourth-order valence-electron chi connectivity index (χ4n) is 3.51. The van der Waals surface area contributed by atoms with Crippen LogP contribution < -0.4 is 10.6 Å². The maximum absolute atomic E-state index is 13.3. The summed E-state index contributed by atoms with van der Waals surface area (Å²) in [4.78, 5) is 26.0. The van der Waals surface area contributed by atoms with E-state index in [0.29, 0.717) is 21.9 Å². The lowest BCUT2D eigenvalue weighted by atomic mass is 9.86. The second kappa shape index (κ2) is 12.3. The summed E-state index contributed by atoms with van der Waals surface area (Å²) >= 11 is 6.26. The topological polar surface area (TPSA) is 96.1 Å². The predicted octanol–water partition coefficient (Wildman–Crippen LogP) is 5.34.